The quantitative estimate of drug-likeness (QED) is 0.767. The number of para-hydroxylation sites is 1. The number of ether oxygens (including phenoxy) is 1. The SMILES string of the molecule is Cc1cccc(OCc2c(C(=O)Nc3ccccc3)noc2C)c1. The van der Waals surface area contributed by atoms with Gasteiger partial charge in [-0.2, -0.15) is 0 Å². The summed E-state index contributed by atoms with van der Waals surface area (Å²) in [5, 5.41) is 6.68. The summed E-state index contributed by atoms with van der Waals surface area (Å²) in [4.78, 5) is 12.4. The van der Waals surface area contributed by atoms with Gasteiger partial charge in [-0.25, -0.2) is 0 Å². The van der Waals surface area contributed by atoms with Crippen molar-refractivity contribution >= 4 is 11.6 Å². The van der Waals surface area contributed by atoms with E-state index in [1.54, 1.807) is 6.92 Å². The minimum atomic E-state index is -0.319. The maximum absolute atomic E-state index is 12.4. The Morgan fingerprint density at radius 2 is 1.92 bits per heavy atom. The highest BCUT2D eigenvalue weighted by atomic mass is 16.5. The average molecular weight is 322 g/mol. The fourth-order valence-electron chi connectivity index (χ4n) is 2.31. The van der Waals surface area contributed by atoms with Crippen molar-refractivity contribution in [3.05, 3.63) is 77.2 Å². The summed E-state index contributed by atoms with van der Waals surface area (Å²) in [6.45, 7) is 3.98. The second-order valence-corrected chi connectivity index (χ2v) is 5.49. The molecule has 0 aliphatic carbocycles. The molecule has 3 rings (SSSR count). The first kappa shape index (κ1) is 15.8. The molecule has 1 aromatic heterocycles. The number of aromatic nitrogens is 1. The number of hydrogen-bond donors (Lipinski definition) is 1. The van der Waals surface area contributed by atoms with Crippen LogP contribution >= 0.6 is 0 Å². The molecule has 1 N–H and O–H groups in total. The number of amides is 1. The van der Waals surface area contributed by atoms with E-state index in [1.165, 1.54) is 0 Å². The van der Waals surface area contributed by atoms with E-state index in [-0.39, 0.29) is 18.2 Å². The van der Waals surface area contributed by atoms with Crippen LogP contribution in [0.25, 0.3) is 0 Å². The lowest BCUT2D eigenvalue weighted by molar-refractivity contribution is 0.101. The highest BCUT2D eigenvalue weighted by Crippen LogP contribution is 2.20. The molecule has 3 aromatic rings. The molecule has 24 heavy (non-hydrogen) atoms. The van der Waals surface area contributed by atoms with Crippen molar-refractivity contribution in [3.63, 3.8) is 0 Å². The van der Waals surface area contributed by atoms with Crippen molar-refractivity contribution < 1.29 is 14.1 Å². The molecule has 0 aliphatic rings. The van der Waals surface area contributed by atoms with Gasteiger partial charge in [0.25, 0.3) is 5.91 Å². The monoisotopic (exact) mass is 322 g/mol. The van der Waals surface area contributed by atoms with Crippen LogP contribution in [0.2, 0.25) is 0 Å². The molecule has 2 aromatic carbocycles. The van der Waals surface area contributed by atoms with Crippen LogP contribution < -0.4 is 10.1 Å². The maximum atomic E-state index is 12.4. The number of carbonyl (C=O) groups is 1. The van der Waals surface area contributed by atoms with Crippen molar-refractivity contribution in [1.82, 2.24) is 5.16 Å². The molecule has 1 heterocycles. The van der Waals surface area contributed by atoms with Crippen LogP contribution in [0.5, 0.6) is 5.75 Å². The number of rotatable bonds is 5. The Hall–Kier alpha value is -3.08. The Bertz CT molecular complexity index is 841. The smallest absolute Gasteiger partial charge is 0.278 e. The number of nitrogens with zero attached hydrogens (tertiary/aromatic N) is 1. The van der Waals surface area contributed by atoms with E-state index in [4.69, 9.17) is 9.26 Å². The predicted octanol–water partition coefficient (Wildman–Crippen LogP) is 4.12. The number of nitrogens with one attached hydrogen (secondary N) is 1. The summed E-state index contributed by atoms with van der Waals surface area (Å²) in [5.74, 6) is 0.992. The Morgan fingerprint density at radius 3 is 2.67 bits per heavy atom. The van der Waals surface area contributed by atoms with Gasteiger partial charge in [-0.05, 0) is 43.7 Å². The first-order chi connectivity index (χ1) is 11.6. The van der Waals surface area contributed by atoms with Crippen LogP contribution in [0, 0.1) is 13.8 Å². The van der Waals surface area contributed by atoms with Gasteiger partial charge in [0.05, 0.1) is 5.56 Å². The zero-order valence-electron chi connectivity index (χ0n) is 13.6. The van der Waals surface area contributed by atoms with Crippen molar-refractivity contribution in [2.75, 3.05) is 5.32 Å². The summed E-state index contributed by atoms with van der Waals surface area (Å²) in [7, 11) is 0. The number of benzene rings is 2. The standard InChI is InChI=1S/C19H18N2O3/c1-13-7-6-10-16(11-13)23-12-17-14(2)24-21-18(17)19(22)20-15-8-4-3-5-9-15/h3-11H,12H2,1-2H3,(H,20,22). The molecular weight excluding hydrogens is 304 g/mol. The molecule has 5 heteroatoms. The zero-order valence-corrected chi connectivity index (χ0v) is 13.6. The Kier molecular flexibility index (Phi) is 4.61. The van der Waals surface area contributed by atoms with E-state index >= 15 is 0 Å². The van der Waals surface area contributed by atoms with Gasteiger partial charge in [0.15, 0.2) is 5.69 Å². The second-order valence-electron chi connectivity index (χ2n) is 5.49. The summed E-state index contributed by atoms with van der Waals surface area (Å²) in [6.07, 6.45) is 0. The molecule has 0 unspecified atom stereocenters. The molecule has 1 amide bonds. The predicted molar refractivity (Wildman–Crippen MR) is 91.1 cm³/mol. The van der Waals surface area contributed by atoms with Crippen LogP contribution in [0.1, 0.15) is 27.4 Å². The van der Waals surface area contributed by atoms with Crippen LogP contribution in [0.3, 0.4) is 0 Å². The summed E-state index contributed by atoms with van der Waals surface area (Å²) < 4.78 is 10.9. The number of anilines is 1. The van der Waals surface area contributed by atoms with Crippen LogP contribution in [-0.2, 0) is 6.61 Å². The molecule has 0 saturated heterocycles. The molecule has 5 nitrogen and oxygen atoms in total. The topological polar surface area (TPSA) is 64.4 Å². The lowest BCUT2D eigenvalue weighted by Gasteiger charge is -2.08. The minimum absolute atomic E-state index is 0.219. The summed E-state index contributed by atoms with van der Waals surface area (Å²) in [5.41, 5.74) is 2.69. The van der Waals surface area contributed by atoms with Crippen LogP contribution in [-0.4, -0.2) is 11.1 Å². The zero-order chi connectivity index (χ0) is 16.9. The van der Waals surface area contributed by atoms with Crippen molar-refractivity contribution in [3.8, 4) is 5.75 Å². The van der Waals surface area contributed by atoms with Gasteiger partial charge in [0.1, 0.15) is 18.1 Å². The van der Waals surface area contributed by atoms with Crippen molar-refractivity contribution in [2.45, 2.75) is 20.5 Å². The highest BCUT2D eigenvalue weighted by Gasteiger charge is 2.20. The molecule has 0 atom stereocenters. The van der Waals surface area contributed by atoms with Gasteiger partial charge >= 0.3 is 0 Å². The number of hydrogen-bond acceptors (Lipinski definition) is 4. The Morgan fingerprint density at radius 1 is 1.12 bits per heavy atom. The lowest BCUT2D eigenvalue weighted by atomic mass is 10.2. The highest BCUT2D eigenvalue weighted by molar-refractivity contribution is 6.03. The molecule has 0 spiro atoms. The number of aryl methyl sites for hydroxylation is 2. The first-order valence-corrected chi connectivity index (χ1v) is 7.64. The third-order valence-corrected chi connectivity index (χ3v) is 3.60. The molecule has 0 bridgehead atoms. The molecule has 0 fully saturated rings. The molecular formula is C19H18N2O3. The first-order valence-electron chi connectivity index (χ1n) is 7.64. The molecule has 0 aliphatic heterocycles. The summed E-state index contributed by atoms with van der Waals surface area (Å²) >= 11 is 0. The van der Waals surface area contributed by atoms with E-state index in [9.17, 15) is 4.79 Å². The second kappa shape index (κ2) is 7.00. The minimum Gasteiger partial charge on any atom is -0.489 e. The van der Waals surface area contributed by atoms with Gasteiger partial charge in [-0.1, -0.05) is 35.5 Å². The van der Waals surface area contributed by atoms with Gasteiger partial charge in [0, 0.05) is 5.69 Å². The van der Waals surface area contributed by atoms with Gasteiger partial charge < -0.3 is 14.6 Å². The average Bonchev–Trinajstić information content (AvgIpc) is 2.95. The Labute approximate surface area is 140 Å². The van der Waals surface area contributed by atoms with Crippen LogP contribution in [0.15, 0.2) is 59.1 Å². The van der Waals surface area contributed by atoms with Gasteiger partial charge in [-0.3, -0.25) is 4.79 Å². The van der Waals surface area contributed by atoms with Crippen LogP contribution in [0.4, 0.5) is 5.69 Å². The van der Waals surface area contributed by atoms with Gasteiger partial charge in [0.2, 0.25) is 0 Å². The summed E-state index contributed by atoms with van der Waals surface area (Å²) in [6, 6.07) is 17.0. The lowest BCUT2D eigenvalue weighted by Crippen LogP contribution is -2.15. The third kappa shape index (κ3) is 3.63. The van der Waals surface area contributed by atoms with Crippen molar-refractivity contribution in [1.29, 1.82) is 0 Å². The third-order valence-electron chi connectivity index (χ3n) is 3.60. The number of carbonyl (C=O) groups excluding carboxylic acids is 1. The fourth-order valence-corrected chi connectivity index (χ4v) is 2.31. The Balaban J connectivity index is 1.74. The van der Waals surface area contributed by atoms with Gasteiger partial charge in [-0.15, -0.1) is 0 Å². The van der Waals surface area contributed by atoms with E-state index in [0.717, 1.165) is 11.3 Å². The van der Waals surface area contributed by atoms with E-state index < -0.39 is 0 Å². The molecule has 0 saturated carbocycles. The normalized spacial score (nSPS) is 10.4. The largest absolute Gasteiger partial charge is 0.489 e. The molecule has 0 radical (unpaired) electrons. The molecule has 122 valence electrons. The maximum Gasteiger partial charge on any atom is 0.278 e. The van der Waals surface area contributed by atoms with Crippen molar-refractivity contribution in [2.24, 2.45) is 0 Å². The fraction of sp³-hybridized carbons (Fsp3) is 0.158. The van der Waals surface area contributed by atoms with E-state index in [2.05, 4.69) is 10.5 Å². The van der Waals surface area contributed by atoms with E-state index in [0.29, 0.717) is 17.0 Å². The van der Waals surface area contributed by atoms with E-state index in [1.807, 2.05) is 61.5 Å².